The van der Waals surface area contributed by atoms with Crippen LogP contribution < -0.4 is 0 Å². The molecule has 0 amide bonds. The molecule has 5 nitrogen and oxygen atoms in total. The number of H-pyrrole nitrogens is 1. The Morgan fingerprint density at radius 3 is 2.89 bits per heavy atom. The van der Waals surface area contributed by atoms with Crippen LogP contribution in [0.15, 0.2) is 16.2 Å². The monoisotopic (exact) mass is 281 g/mol. The van der Waals surface area contributed by atoms with E-state index in [4.69, 9.17) is 11.6 Å². The van der Waals surface area contributed by atoms with Gasteiger partial charge in [0, 0.05) is 18.4 Å². The van der Waals surface area contributed by atoms with Crippen LogP contribution in [0.25, 0.3) is 0 Å². The standard InChI is InChI=1S/C11H12ClN5S/c1-2-8-14-11(17-16-8)18-9-5-7(12)13-10(15-9)6-3-4-6/h5-6H,2-4H2,1H3,(H,14,16,17). The summed E-state index contributed by atoms with van der Waals surface area (Å²) in [6, 6.07) is 1.75. The summed E-state index contributed by atoms with van der Waals surface area (Å²) in [6.07, 6.45) is 3.15. The first-order chi connectivity index (χ1) is 8.74. The number of nitrogens with zero attached hydrogens (tertiary/aromatic N) is 4. The summed E-state index contributed by atoms with van der Waals surface area (Å²) in [5, 5.41) is 8.97. The van der Waals surface area contributed by atoms with Crippen LogP contribution in [0.4, 0.5) is 0 Å². The van der Waals surface area contributed by atoms with Crippen molar-refractivity contribution in [3.63, 3.8) is 0 Å². The van der Waals surface area contributed by atoms with Crippen molar-refractivity contribution in [2.24, 2.45) is 0 Å². The lowest BCUT2D eigenvalue weighted by atomic mass is 10.4. The number of aryl methyl sites for hydroxylation is 1. The fourth-order valence-corrected chi connectivity index (χ4v) is 2.56. The zero-order valence-corrected chi connectivity index (χ0v) is 11.4. The molecule has 1 N–H and O–H groups in total. The first-order valence-corrected chi connectivity index (χ1v) is 7.07. The van der Waals surface area contributed by atoms with Crippen LogP contribution in [0.5, 0.6) is 0 Å². The molecule has 7 heteroatoms. The van der Waals surface area contributed by atoms with Gasteiger partial charge in [-0.15, -0.1) is 5.10 Å². The Morgan fingerprint density at radius 2 is 2.22 bits per heavy atom. The summed E-state index contributed by atoms with van der Waals surface area (Å²) in [5.74, 6) is 2.21. The van der Waals surface area contributed by atoms with Crippen molar-refractivity contribution < 1.29 is 0 Å². The molecule has 3 rings (SSSR count). The highest BCUT2D eigenvalue weighted by atomic mass is 35.5. The van der Waals surface area contributed by atoms with Gasteiger partial charge in [0.05, 0.1) is 0 Å². The van der Waals surface area contributed by atoms with Crippen LogP contribution in [-0.2, 0) is 6.42 Å². The fraction of sp³-hybridized carbons (Fsp3) is 0.455. The molecular formula is C11H12ClN5S. The SMILES string of the molecule is CCc1nc(Sc2cc(Cl)nc(C3CC3)n2)n[nH]1. The minimum Gasteiger partial charge on any atom is -0.262 e. The van der Waals surface area contributed by atoms with E-state index in [-0.39, 0.29) is 0 Å². The van der Waals surface area contributed by atoms with Gasteiger partial charge < -0.3 is 0 Å². The van der Waals surface area contributed by atoms with Crippen LogP contribution in [0.1, 0.15) is 37.3 Å². The second kappa shape index (κ2) is 4.85. The maximum atomic E-state index is 6.01. The van der Waals surface area contributed by atoms with E-state index in [9.17, 15) is 0 Å². The quantitative estimate of drug-likeness (QED) is 0.873. The Labute approximate surface area is 114 Å². The van der Waals surface area contributed by atoms with Crippen molar-refractivity contribution in [2.75, 3.05) is 0 Å². The molecule has 0 aliphatic heterocycles. The van der Waals surface area contributed by atoms with Crippen molar-refractivity contribution in [3.05, 3.63) is 22.9 Å². The normalized spacial score (nSPS) is 15.0. The molecule has 1 saturated carbocycles. The molecule has 0 aromatic carbocycles. The summed E-state index contributed by atoms with van der Waals surface area (Å²) in [4.78, 5) is 13.1. The third-order valence-electron chi connectivity index (χ3n) is 2.67. The van der Waals surface area contributed by atoms with E-state index >= 15 is 0 Å². The van der Waals surface area contributed by atoms with E-state index in [1.165, 1.54) is 11.8 Å². The molecule has 0 radical (unpaired) electrons. The van der Waals surface area contributed by atoms with E-state index in [1.54, 1.807) is 6.07 Å². The van der Waals surface area contributed by atoms with E-state index < -0.39 is 0 Å². The van der Waals surface area contributed by atoms with E-state index in [1.807, 2.05) is 6.92 Å². The fourth-order valence-electron chi connectivity index (χ4n) is 1.57. The van der Waals surface area contributed by atoms with Gasteiger partial charge in [-0.3, -0.25) is 5.10 Å². The molecule has 0 saturated heterocycles. The zero-order chi connectivity index (χ0) is 12.5. The second-order valence-electron chi connectivity index (χ2n) is 4.18. The van der Waals surface area contributed by atoms with Gasteiger partial charge >= 0.3 is 0 Å². The molecule has 0 atom stereocenters. The highest BCUT2D eigenvalue weighted by Gasteiger charge is 2.27. The molecule has 18 heavy (non-hydrogen) atoms. The predicted octanol–water partition coefficient (Wildman–Crippen LogP) is 2.84. The van der Waals surface area contributed by atoms with Gasteiger partial charge in [-0.2, -0.15) is 0 Å². The Balaban J connectivity index is 1.82. The molecule has 1 aliphatic rings. The zero-order valence-electron chi connectivity index (χ0n) is 9.85. The number of aromatic amines is 1. The Hall–Kier alpha value is -1.14. The Kier molecular flexibility index (Phi) is 3.22. The van der Waals surface area contributed by atoms with Gasteiger partial charge in [0.15, 0.2) is 0 Å². The molecule has 1 fully saturated rings. The molecule has 2 aromatic rings. The third-order valence-corrected chi connectivity index (χ3v) is 3.65. The number of rotatable bonds is 4. The average Bonchev–Trinajstić information content (AvgIpc) is 3.10. The lowest BCUT2D eigenvalue weighted by Gasteiger charge is -2.01. The molecule has 2 heterocycles. The van der Waals surface area contributed by atoms with Crippen LogP contribution in [-0.4, -0.2) is 25.1 Å². The molecule has 0 spiro atoms. The van der Waals surface area contributed by atoms with Gasteiger partial charge in [-0.05, 0) is 24.6 Å². The first-order valence-electron chi connectivity index (χ1n) is 5.88. The highest BCUT2D eigenvalue weighted by molar-refractivity contribution is 7.99. The van der Waals surface area contributed by atoms with Crippen molar-refractivity contribution in [1.29, 1.82) is 0 Å². The van der Waals surface area contributed by atoms with Crippen molar-refractivity contribution in [2.45, 2.75) is 42.3 Å². The minimum atomic E-state index is 0.487. The number of nitrogens with one attached hydrogen (secondary N) is 1. The summed E-state index contributed by atoms with van der Waals surface area (Å²) < 4.78 is 0. The van der Waals surface area contributed by atoms with Crippen molar-refractivity contribution in [3.8, 4) is 0 Å². The number of hydrogen-bond donors (Lipinski definition) is 1. The predicted molar refractivity (Wildman–Crippen MR) is 68.9 cm³/mol. The summed E-state index contributed by atoms with van der Waals surface area (Å²) in [5.41, 5.74) is 0. The molecule has 1 aliphatic carbocycles. The number of halogens is 1. The molecule has 2 aromatic heterocycles. The van der Waals surface area contributed by atoms with E-state index in [0.29, 0.717) is 16.2 Å². The number of aromatic nitrogens is 5. The molecule has 0 unspecified atom stereocenters. The topological polar surface area (TPSA) is 67.3 Å². The van der Waals surface area contributed by atoms with E-state index in [0.717, 1.165) is 35.9 Å². The van der Waals surface area contributed by atoms with Gasteiger partial charge in [0.1, 0.15) is 21.8 Å². The minimum absolute atomic E-state index is 0.487. The van der Waals surface area contributed by atoms with Gasteiger partial charge in [0.25, 0.3) is 0 Å². The van der Waals surface area contributed by atoms with Crippen molar-refractivity contribution in [1.82, 2.24) is 25.1 Å². The van der Waals surface area contributed by atoms with Gasteiger partial charge in [-0.25, -0.2) is 15.0 Å². The Bertz CT molecular complexity index is 566. The lowest BCUT2D eigenvalue weighted by Crippen LogP contribution is -1.94. The molecular weight excluding hydrogens is 270 g/mol. The second-order valence-corrected chi connectivity index (χ2v) is 5.56. The highest BCUT2D eigenvalue weighted by Crippen LogP contribution is 2.39. The van der Waals surface area contributed by atoms with Gasteiger partial charge in [0.2, 0.25) is 5.16 Å². The van der Waals surface area contributed by atoms with E-state index in [2.05, 4.69) is 25.1 Å². The van der Waals surface area contributed by atoms with Crippen molar-refractivity contribution >= 4 is 23.4 Å². The largest absolute Gasteiger partial charge is 0.262 e. The summed E-state index contributed by atoms with van der Waals surface area (Å²) >= 11 is 7.42. The first kappa shape index (κ1) is 11.9. The summed E-state index contributed by atoms with van der Waals surface area (Å²) in [7, 11) is 0. The van der Waals surface area contributed by atoms with Crippen LogP contribution in [0, 0.1) is 0 Å². The summed E-state index contributed by atoms with van der Waals surface area (Å²) in [6.45, 7) is 2.03. The average molecular weight is 282 g/mol. The number of hydrogen-bond acceptors (Lipinski definition) is 5. The van der Waals surface area contributed by atoms with Crippen LogP contribution in [0.3, 0.4) is 0 Å². The van der Waals surface area contributed by atoms with Gasteiger partial charge in [-0.1, -0.05) is 18.5 Å². The lowest BCUT2D eigenvalue weighted by molar-refractivity contribution is 0.874. The van der Waals surface area contributed by atoms with Crippen LogP contribution in [0.2, 0.25) is 5.15 Å². The Morgan fingerprint density at radius 1 is 1.39 bits per heavy atom. The smallest absolute Gasteiger partial charge is 0.214 e. The maximum Gasteiger partial charge on any atom is 0.214 e. The van der Waals surface area contributed by atoms with Crippen LogP contribution >= 0.6 is 23.4 Å². The molecule has 94 valence electrons. The third kappa shape index (κ3) is 2.64. The maximum absolute atomic E-state index is 6.01. The molecule has 0 bridgehead atoms.